The van der Waals surface area contributed by atoms with Gasteiger partial charge in [0.2, 0.25) is 0 Å². The summed E-state index contributed by atoms with van der Waals surface area (Å²) in [5, 5.41) is 8.30. The van der Waals surface area contributed by atoms with E-state index >= 15 is 0 Å². The molecule has 0 spiro atoms. The van der Waals surface area contributed by atoms with Gasteiger partial charge in [0.25, 0.3) is 0 Å². The number of hydrogen-bond acceptors (Lipinski definition) is 4. The molecule has 16 heavy (non-hydrogen) atoms. The van der Waals surface area contributed by atoms with Crippen molar-refractivity contribution in [2.24, 2.45) is 19.8 Å². The van der Waals surface area contributed by atoms with Gasteiger partial charge in [0.15, 0.2) is 0 Å². The Morgan fingerprint density at radius 1 is 1.38 bits per heavy atom. The SMILES string of the molecule is Cc1cc(C(N)Cc2ncnn2C)n(C)n1. The number of aromatic nitrogens is 5. The molecule has 2 N–H and O–H groups in total. The topological polar surface area (TPSA) is 74.5 Å². The van der Waals surface area contributed by atoms with Gasteiger partial charge in [-0.25, -0.2) is 4.98 Å². The first-order valence-corrected chi connectivity index (χ1v) is 5.17. The fourth-order valence-corrected chi connectivity index (χ4v) is 1.78. The van der Waals surface area contributed by atoms with Crippen molar-refractivity contribution < 1.29 is 0 Å². The predicted octanol–water partition coefficient (Wildman–Crippen LogP) is 0.0995. The largest absolute Gasteiger partial charge is 0.322 e. The molecule has 2 heterocycles. The summed E-state index contributed by atoms with van der Waals surface area (Å²) in [7, 11) is 3.77. The number of aryl methyl sites for hydroxylation is 3. The van der Waals surface area contributed by atoms with E-state index < -0.39 is 0 Å². The summed E-state index contributed by atoms with van der Waals surface area (Å²) in [6, 6.07) is 1.90. The van der Waals surface area contributed by atoms with E-state index in [2.05, 4.69) is 15.2 Å². The Labute approximate surface area is 94.1 Å². The molecule has 0 saturated carbocycles. The fourth-order valence-electron chi connectivity index (χ4n) is 1.78. The number of nitrogens with two attached hydrogens (primary N) is 1. The minimum atomic E-state index is -0.103. The van der Waals surface area contributed by atoms with E-state index in [-0.39, 0.29) is 6.04 Å². The van der Waals surface area contributed by atoms with Crippen LogP contribution in [0.2, 0.25) is 0 Å². The molecule has 0 aliphatic carbocycles. The van der Waals surface area contributed by atoms with Gasteiger partial charge < -0.3 is 5.73 Å². The van der Waals surface area contributed by atoms with Crippen molar-refractivity contribution in [1.82, 2.24) is 24.5 Å². The molecule has 0 saturated heterocycles. The minimum absolute atomic E-state index is 0.103. The normalized spacial score (nSPS) is 13.0. The van der Waals surface area contributed by atoms with Crippen molar-refractivity contribution >= 4 is 0 Å². The third-order valence-corrected chi connectivity index (χ3v) is 2.63. The van der Waals surface area contributed by atoms with Crippen LogP contribution in [0.25, 0.3) is 0 Å². The van der Waals surface area contributed by atoms with E-state index in [0.717, 1.165) is 17.2 Å². The smallest absolute Gasteiger partial charge is 0.138 e. The van der Waals surface area contributed by atoms with Gasteiger partial charge in [0.05, 0.1) is 17.4 Å². The molecule has 6 heteroatoms. The first-order valence-electron chi connectivity index (χ1n) is 5.17. The monoisotopic (exact) mass is 220 g/mol. The molecule has 86 valence electrons. The molecule has 6 nitrogen and oxygen atoms in total. The molecule has 0 fully saturated rings. The van der Waals surface area contributed by atoms with Gasteiger partial charge in [0, 0.05) is 20.5 Å². The van der Waals surface area contributed by atoms with Crippen molar-refractivity contribution in [2.75, 3.05) is 0 Å². The van der Waals surface area contributed by atoms with Gasteiger partial charge in [-0.3, -0.25) is 9.36 Å². The highest BCUT2D eigenvalue weighted by Crippen LogP contribution is 2.14. The standard InChI is InChI=1S/C10H16N6/c1-7-4-9(15(2)14-7)8(11)5-10-12-6-13-16(10)3/h4,6,8H,5,11H2,1-3H3. The average Bonchev–Trinajstić information content (AvgIpc) is 2.74. The summed E-state index contributed by atoms with van der Waals surface area (Å²) >= 11 is 0. The van der Waals surface area contributed by atoms with Crippen LogP contribution in [-0.2, 0) is 20.5 Å². The van der Waals surface area contributed by atoms with E-state index in [1.807, 2.05) is 31.8 Å². The summed E-state index contributed by atoms with van der Waals surface area (Å²) in [4.78, 5) is 4.16. The maximum atomic E-state index is 6.13. The van der Waals surface area contributed by atoms with E-state index in [9.17, 15) is 0 Å². The van der Waals surface area contributed by atoms with Gasteiger partial charge in [-0.05, 0) is 13.0 Å². The first kappa shape index (κ1) is 10.8. The maximum absolute atomic E-state index is 6.13. The fraction of sp³-hybridized carbons (Fsp3) is 0.500. The zero-order valence-electron chi connectivity index (χ0n) is 9.75. The molecule has 2 rings (SSSR count). The molecule has 0 aromatic carbocycles. The highest BCUT2D eigenvalue weighted by Gasteiger charge is 2.14. The Hall–Kier alpha value is -1.69. The molecule has 1 atom stereocenters. The number of rotatable bonds is 3. The third kappa shape index (κ3) is 1.96. The Balaban J connectivity index is 2.17. The average molecular weight is 220 g/mol. The van der Waals surface area contributed by atoms with Crippen LogP contribution in [-0.4, -0.2) is 24.5 Å². The van der Waals surface area contributed by atoms with Gasteiger partial charge in [-0.15, -0.1) is 0 Å². The zero-order valence-corrected chi connectivity index (χ0v) is 9.75. The summed E-state index contributed by atoms with van der Waals surface area (Å²) in [5.74, 6) is 0.881. The molecule has 2 aromatic heterocycles. The molecule has 0 aliphatic rings. The van der Waals surface area contributed by atoms with Crippen LogP contribution >= 0.6 is 0 Å². The quantitative estimate of drug-likeness (QED) is 0.796. The van der Waals surface area contributed by atoms with Crippen molar-refractivity contribution in [3.8, 4) is 0 Å². The van der Waals surface area contributed by atoms with Crippen LogP contribution < -0.4 is 5.73 Å². The van der Waals surface area contributed by atoms with Gasteiger partial charge in [-0.1, -0.05) is 0 Å². The van der Waals surface area contributed by atoms with Crippen molar-refractivity contribution in [3.63, 3.8) is 0 Å². The lowest BCUT2D eigenvalue weighted by molar-refractivity contribution is 0.580. The lowest BCUT2D eigenvalue weighted by atomic mass is 10.1. The van der Waals surface area contributed by atoms with Crippen molar-refractivity contribution in [3.05, 3.63) is 29.6 Å². The third-order valence-electron chi connectivity index (χ3n) is 2.63. The van der Waals surface area contributed by atoms with Crippen LogP contribution in [0, 0.1) is 6.92 Å². The van der Waals surface area contributed by atoms with Crippen molar-refractivity contribution in [1.29, 1.82) is 0 Å². The second kappa shape index (κ2) is 4.05. The number of nitrogens with zero attached hydrogens (tertiary/aromatic N) is 5. The summed E-state index contributed by atoms with van der Waals surface area (Å²) in [5.41, 5.74) is 8.12. The van der Waals surface area contributed by atoms with Crippen LogP contribution in [0.15, 0.2) is 12.4 Å². The molecular weight excluding hydrogens is 204 g/mol. The number of hydrogen-bond donors (Lipinski definition) is 1. The van der Waals surface area contributed by atoms with Crippen LogP contribution in [0.4, 0.5) is 0 Å². The van der Waals surface area contributed by atoms with Gasteiger partial charge >= 0.3 is 0 Å². The van der Waals surface area contributed by atoms with E-state index in [1.165, 1.54) is 6.33 Å². The summed E-state index contributed by atoms with van der Waals surface area (Å²) in [6.07, 6.45) is 2.20. The summed E-state index contributed by atoms with van der Waals surface area (Å²) in [6.45, 7) is 1.96. The first-order chi connectivity index (χ1) is 7.58. The molecule has 1 unspecified atom stereocenters. The Morgan fingerprint density at radius 2 is 2.12 bits per heavy atom. The molecule has 2 aromatic rings. The Kier molecular flexibility index (Phi) is 2.74. The molecule has 0 amide bonds. The molecule has 0 aliphatic heterocycles. The lowest BCUT2D eigenvalue weighted by Crippen LogP contribution is -2.19. The second-order valence-corrected chi connectivity index (χ2v) is 3.94. The predicted molar refractivity (Wildman–Crippen MR) is 59.6 cm³/mol. The Morgan fingerprint density at radius 3 is 2.62 bits per heavy atom. The van der Waals surface area contributed by atoms with Gasteiger partial charge in [-0.2, -0.15) is 10.2 Å². The Bertz CT molecular complexity index is 483. The minimum Gasteiger partial charge on any atom is -0.322 e. The van der Waals surface area contributed by atoms with E-state index in [0.29, 0.717) is 6.42 Å². The highest BCUT2D eigenvalue weighted by atomic mass is 15.3. The second-order valence-electron chi connectivity index (χ2n) is 3.94. The molecular formula is C10H16N6. The summed E-state index contributed by atoms with van der Waals surface area (Å²) < 4.78 is 3.56. The van der Waals surface area contributed by atoms with E-state index in [4.69, 9.17) is 5.73 Å². The lowest BCUT2D eigenvalue weighted by Gasteiger charge is -2.10. The van der Waals surface area contributed by atoms with E-state index in [1.54, 1.807) is 4.68 Å². The van der Waals surface area contributed by atoms with Crippen LogP contribution in [0.1, 0.15) is 23.3 Å². The van der Waals surface area contributed by atoms with Crippen LogP contribution in [0.5, 0.6) is 0 Å². The van der Waals surface area contributed by atoms with Gasteiger partial charge in [0.1, 0.15) is 12.2 Å². The zero-order chi connectivity index (χ0) is 11.7. The molecule has 0 radical (unpaired) electrons. The van der Waals surface area contributed by atoms with Crippen LogP contribution in [0.3, 0.4) is 0 Å². The van der Waals surface area contributed by atoms with Crippen molar-refractivity contribution in [2.45, 2.75) is 19.4 Å². The maximum Gasteiger partial charge on any atom is 0.138 e. The highest BCUT2D eigenvalue weighted by molar-refractivity contribution is 5.14. The molecule has 0 bridgehead atoms.